The van der Waals surface area contributed by atoms with Gasteiger partial charge < -0.3 is 9.64 Å². The highest BCUT2D eigenvalue weighted by Crippen LogP contribution is 2.32. The van der Waals surface area contributed by atoms with E-state index in [9.17, 15) is 18.5 Å². The lowest BCUT2D eigenvalue weighted by Gasteiger charge is -2.33. The van der Waals surface area contributed by atoms with Gasteiger partial charge in [0.25, 0.3) is 10.1 Å². The van der Waals surface area contributed by atoms with Gasteiger partial charge in [0.05, 0.1) is 24.4 Å². The summed E-state index contributed by atoms with van der Waals surface area (Å²) in [7, 11) is -2.06. The van der Waals surface area contributed by atoms with Gasteiger partial charge in [-0.05, 0) is 18.9 Å². The number of nitrogens with zero attached hydrogens (tertiary/aromatic N) is 2. The number of piperidine rings is 1. The third-order valence-corrected chi connectivity index (χ3v) is 4.10. The van der Waals surface area contributed by atoms with Gasteiger partial charge >= 0.3 is 5.69 Å². The minimum Gasteiger partial charge on any atom is -0.490 e. The molecule has 1 heterocycles. The van der Waals surface area contributed by atoms with Crippen LogP contribution in [0.3, 0.4) is 0 Å². The highest BCUT2D eigenvalue weighted by Gasteiger charge is 2.24. The van der Waals surface area contributed by atoms with Crippen molar-refractivity contribution >= 4 is 21.5 Å². The van der Waals surface area contributed by atoms with E-state index in [1.807, 2.05) is 4.90 Å². The number of ether oxygens (including phenoxy) is 1. The lowest BCUT2D eigenvalue weighted by Crippen LogP contribution is -2.37. The first-order chi connectivity index (χ1) is 10.3. The number of nitro benzene ring substituents is 1. The van der Waals surface area contributed by atoms with Crippen LogP contribution in [0.4, 0.5) is 11.4 Å². The summed E-state index contributed by atoms with van der Waals surface area (Å²) >= 11 is 0. The maximum atomic E-state index is 11.1. The summed E-state index contributed by atoms with van der Waals surface area (Å²) in [5.41, 5.74) is 0.724. The van der Waals surface area contributed by atoms with Gasteiger partial charge in [0.1, 0.15) is 0 Å². The first-order valence-corrected chi connectivity index (χ1v) is 8.57. The fraction of sp³-hybridized carbons (Fsp3) is 0.538. The molecule has 8 nitrogen and oxygen atoms in total. The molecule has 0 radical (unpaired) electrons. The molecule has 0 unspecified atom stereocenters. The molecule has 9 heteroatoms. The van der Waals surface area contributed by atoms with E-state index in [-0.39, 0.29) is 17.5 Å². The first kappa shape index (κ1) is 16.5. The number of hydrogen-bond acceptors (Lipinski definition) is 7. The van der Waals surface area contributed by atoms with E-state index in [0.29, 0.717) is 25.9 Å². The number of hydrogen-bond donors (Lipinski definition) is 0. The number of rotatable bonds is 5. The standard InChI is InChI=1S/C13H18N2O6S/c1-20-13-9-10(3-4-12(13)15(16)17)14-7-5-11(6-8-14)21-22(2,18)19/h3-4,9,11H,5-8H2,1-2H3. The Morgan fingerprint density at radius 3 is 2.45 bits per heavy atom. The van der Waals surface area contributed by atoms with E-state index in [2.05, 4.69) is 0 Å². The molecule has 0 amide bonds. The zero-order valence-corrected chi connectivity index (χ0v) is 13.2. The molecule has 0 bridgehead atoms. The van der Waals surface area contributed by atoms with E-state index >= 15 is 0 Å². The Labute approximate surface area is 128 Å². The minimum absolute atomic E-state index is 0.0819. The molecule has 1 aromatic rings. The third-order valence-electron chi connectivity index (χ3n) is 3.48. The molecule has 0 atom stereocenters. The van der Waals surface area contributed by atoms with Gasteiger partial charge in [0.2, 0.25) is 0 Å². The quantitative estimate of drug-likeness (QED) is 0.459. The highest BCUT2D eigenvalue weighted by atomic mass is 32.2. The van der Waals surface area contributed by atoms with E-state index in [1.165, 1.54) is 13.2 Å². The largest absolute Gasteiger partial charge is 0.490 e. The molecule has 1 fully saturated rings. The summed E-state index contributed by atoms with van der Waals surface area (Å²) in [6, 6.07) is 4.70. The topological polar surface area (TPSA) is 99.0 Å². The smallest absolute Gasteiger partial charge is 0.311 e. The van der Waals surface area contributed by atoms with E-state index in [0.717, 1.165) is 11.9 Å². The predicted molar refractivity (Wildman–Crippen MR) is 80.8 cm³/mol. The normalized spacial score (nSPS) is 16.5. The number of methoxy groups -OCH3 is 1. The molecule has 22 heavy (non-hydrogen) atoms. The summed E-state index contributed by atoms with van der Waals surface area (Å²) in [6.45, 7) is 1.22. The molecule has 0 spiro atoms. The van der Waals surface area contributed by atoms with Crippen molar-refractivity contribution in [1.82, 2.24) is 0 Å². The van der Waals surface area contributed by atoms with Crippen molar-refractivity contribution in [2.24, 2.45) is 0 Å². The van der Waals surface area contributed by atoms with Crippen LogP contribution in [-0.2, 0) is 14.3 Å². The lowest BCUT2D eigenvalue weighted by molar-refractivity contribution is -0.385. The highest BCUT2D eigenvalue weighted by molar-refractivity contribution is 7.86. The zero-order chi connectivity index (χ0) is 16.3. The monoisotopic (exact) mass is 330 g/mol. The summed E-state index contributed by atoms with van der Waals surface area (Å²) in [4.78, 5) is 12.4. The van der Waals surface area contributed by atoms with Gasteiger partial charge in [-0.3, -0.25) is 14.3 Å². The van der Waals surface area contributed by atoms with E-state index < -0.39 is 15.0 Å². The van der Waals surface area contributed by atoms with Gasteiger partial charge in [-0.2, -0.15) is 8.42 Å². The second-order valence-electron chi connectivity index (χ2n) is 5.10. The minimum atomic E-state index is -3.45. The van der Waals surface area contributed by atoms with Gasteiger partial charge in [0, 0.05) is 30.9 Å². The second-order valence-corrected chi connectivity index (χ2v) is 6.70. The molecule has 0 aromatic heterocycles. The second kappa shape index (κ2) is 6.49. The van der Waals surface area contributed by atoms with Crippen LogP contribution in [0.15, 0.2) is 18.2 Å². The van der Waals surface area contributed by atoms with Crippen LogP contribution in [0.1, 0.15) is 12.8 Å². The van der Waals surface area contributed by atoms with Gasteiger partial charge in [-0.25, -0.2) is 0 Å². The van der Waals surface area contributed by atoms with Crippen LogP contribution in [0, 0.1) is 10.1 Å². The zero-order valence-electron chi connectivity index (χ0n) is 12.4. The Hall–Kier alpha value is -1.87. The Bertz CT molecular complexity index is 652. The number of anilines is 1. The van der Waals surface area contributed by atoms with Gasteiger partial charge in [-0.1, -0.05) is 0 Å². The van der Waals surface area contributed by atoms with Crippen LogP contribution in [0.25, 0.3) is 0 Å². The Morgan fingerprint density at radius 1 is 1.32 bits per heavy atom. The Kier molecular flexibility index (Phi) is 4.87. The summed E-state index contributed by atoms with van der Waals surface area (Å²) in [5.74, 6) is 0.206. The average Bonchev–Trinajstić information content (AvgIpc) is 2.45. The lowest BCUT2D eigenvalue weighted by atomic mass is 10.1. The number of nitro groups is 1. The van der Waals surface area contributed by atoms with Crippen LogP contribution < -0.4 is 9.64 Å². The predicted octanol–water partition coefficient (Wildman–Crippen LogP) is 1.55. The summed E-state index contributed by atoms with van der Waals surface area (Å²) < 4.78 is 32.3. The van der Waals surface area contributed by atoms with Crippen molar-refractivity contribution in [2.75, 3.05) is 31.4 Å². The van der Waals surface area contributed by atoms with Gasteiger partial charge in [-0.15, -0.1) is 0 Å². The third kappa shape index (κ3) is 4.08. The fourth-order valence-corrected chi connectivity index (χ4v) is 3.16. The molecule has 1 aromatic carbocycles. The van der Waals surface area contributed by atoms with Crippen LogP contribution in [-0.4, -0.2) is 45.9 Å². The maximum absolute atomic E-state index is 11.1. The van der Waals surface area contributed by atoms with Gasteiger partial charge in [0.15, 0.2) is 5.75 Å². The fourth-order valence-electron chi connectivity index (χ4n) is 2.47. The Morgan fingerprint density at radius 2 is 1.95 bits per heavy atom. The van der Waals surface area contributed by atoms with Crippen LogP contribution in [0.2, 0.25) is 0 Å². The summed E-state index contributed by atoms with van der Waals surface area (Å²) in [5, 5.41) is 10.9. The molecule has 1 aliphatic rings. The molecule has 0 saturated carbocycles. The SMILES string of the molecule is COc1cc(N2CCC(OS(C)(=O)=O)CC2)ccc1[N+](=O)[O-]. The van der Waals surface area contributed by atoms with Crippen molar-refractivity contribution < 1.29 is 22.3 Å². The van der Waals surface area contributed by atoms with Crippen molar-refractivity contribution in [3.05, 3.63) is 28.3 Å². The van der Waals surface area contributed by atoms with Crippen molar-refractivity contribution in [3.8, 4) is 5.75 Å². The molecular weight excluding hydrogens is 312 g/mol. The van der Waals surface area contributed by atoms with Crippen molar-refractivity contribution in [2.45, 2.75) is 18.9 Å². The van der Waals surface area contributed by atoms with Crippen molar-refractivity contribution in [1.29, 1.82) is 0 Å². The first-order valence-electron chi connectivity index (χ1n) is 6.76. The Balaban J connectivity index is 2.07. The molecule has 1 saturated heterocycles. The van der Waals surface area contributed by atoms with E-state index in [1.54, 1.807) is 12.1 Å². The van der Waals surface area contributed by atoms with Crippen molar-refractivity contribution in [3.63, 3.8) is 0 Å². The van der Waals surface area contributed by atoms with Crippen LogP contribution >= 0.6 is 0 Å². The maximum Gasteiger partial charge on any atom is 0.311 e. The molecule has 122 valence electrons. The van der Waals surface area contributed by atoms with E-state index in [4.69, 9.17) is 8.92 Å². The summed E-state index contributed by atoms with van der Waals surface area (Å²) in [6.07, 6.45) is 1.88. The molecule has 0 aliphatic carbocycles. The molecule has 2 rings (SSSR count). The average molecular weight is 330 g/mol. The number of benzene rings is 1. The molecule has 1 aliphatic heterocycles. The molecular formula is C13H18N2O6S. The molecule has 0 N–H and O–H groups in total. The van der Waals surface area contributed by atoms with Crippen LogP contribution in [0.5, 0.6) is 5.75 Å².